The highest BCUT2D eigenvalue weighted by Crippen LogP contribution is 2.03. The van der Waals surface area contributed by atoms with Crippen LogP contribution in [0.5, 0.6) is 0 Å². The van der Waals surface area contributed by atoms with E-state index in [9.17, 15) is 4.79 Å². The molecule has 0 aromatic rings. The van der Waals surface area contributed by atoms with Crippen molar-refractivity contribution in [3.63, 3.8) is 0 Å². The van der Waals surface area contributed by atoms with Gasteiger partial charge in [0.2, 0.25) is 0 Å². The second kappa shape index (κ2) is 12.9. The van der Waals surface area contributed by atoms with Gasteiger partial charge in [-0.15, -0.1) is 24.0 Å². The molecule has 0 unspecified atom stereocenters. The Morgan fingerprint density at radius 1 is 1.28 bits per heavy atom. The molecule has 0 amide bonds. The molecule has 0 bridgehead atoms. The monoisotopic (exact) mass is 371 g/mol. The number of nitrogens with zero attached hydrogens (tertiary/aromatic N) is 1. The van der Waals surface area contributed by atoms with E-state index >= 15 is 0 Å². The molecule has 18 heavy (non-hydrogen) atoms. The van der Waals surface area contributed by atoms with Gasteiger partial charge in [-0.25, -0.2) is 0 Å². The van der Waals surface area contributed by atoms with Crippen molar-refractivity contribution in [1.82, 2.24) is 5.32 Å². The lowest BCUT2D eigenvalue weighted by Gasteiger charge is -2.08. The van der Waals surface area contributed by atoms with Gasteiger partial charge in [-0.1, -0.05) is 12.8 Å². The number of hydrogen-bond donors (Lipinski definition) is 2. The molecule has 0 saturated carbocycles. The Hall–Kier alpha value is -0.530. The number of esters is 1. The summed E-state index contributed by atoms with van der Waals surface area (Å²) in [5.74, 6) is 0.378. The number of aliphatic imine (C=N–C) groups is 1. The first kappa shape index (κ1) is 19.8. The Morgan fingerprint density at radius 3 is 2.44 bits per heavy atom. The van der Waals surface area contributed by atoms with E-state index in [2.05, 4.69) is 15.0 Å². The zero-order chi connectivity index (χ0) is 13.1. The number of unbranched alkanes of at least 4 members (excludes halogenated alkanes) is 3. The number of ether oxygens (including phenoxy) is 1. The molecule has 0 spiro atoms. The third kappa shape index (κ3) is 13.5. The van der Waals surface area contributed by atoms with E-state index in [4.69, 9.17) is 5.73 Å². The predicted molar refractivity (Wildman–Crippen MR) is 85.3 cm³/mol. The van der Waals surface area contributed by atoms with E-state index in [0.29, 0.717) is 18.4 Å². The van der Waals surface area contributed by atoms with Crippen LogP contribution < -0.4 is 11.1 Å². The van der Waals surface area contributed by atoms with E-state index < -0.39 is 0 Å². The van der Waals surface area contributed by atoms with E-state index in [1.807, 2.05) is 13.8 Å². The molecule has 0 radical (unpaired) electrons. The first-order valence-electron chi connectivity index (χ1n) is 6.19. The lowest BCUT2D eigenvalue weighted by Crippen LogP contribution is -2.36. The zero-order valence-corrected chi connectivity index (χ0v) is 13.9. The normalized spacial score (nSPS) is 11.0. The van der Waals surface area contributed by atoms with Crippen LogP contribution in [0.1, 0.15) is 46.0 Å². The van der Waals surface area contributed by atoms with Crippen molar-refractivity contribution in [1.29, 1.82) is 0 Å². The molecule has 5 nitrogen and oxygen atoms in total. The molecule has 0 aromatic carbocycles. The fraction of sp³-hybridized carbons (Fsp3) is 0.833. The maximum absolute atomic E-state index is 10.8. The van der Waals surface area contributed by atoms with Crippen LogP contribution in [0.4, 0.5) is 0 Å². The molecule has 108 valence electrons. The number of nitrogens with one attached hydrogen (secondary N) is 1. The van der Waals surface area contributed by atoms with Crippen LogP contribution in [0, 0.1) is 0 Å². The maximum atomic E-state index is 10.8. The SMILES string of the molecule is COC(=O)CCCCCCN=C(N)NC(C)C.I. The summed E-state index contributed by atoms with van der Waals surface area (Å²) in [5.41, 5.74) is 5.65. The fourth-order valence-electron chi connectivity index (χ4n) is 1.38. The molecule has 0 fully saturated rings. The lowest BCUT2D eigenvalue weighted by molar-refractivity contribution is -0.140. The van der Waals surface area contributed by atoms with Gasteiger partial charge >= 0.3 is 5.97 Å². The smallest absolute Gasteiger partial charge is 0.305 e. The third-order valence-electron chi connectivity index (χ3n) is 2.24. The van der Waals surface area contributed by atoms with Gasteiger partial charge in [-0.05, 0) is 26.7 Å². The van der Waals surface area contributed by atoms with E-state index in [-0.39, 0.29) is 29.9 Å². The second-order valence-electron chi connectivity index (χ2n) is 4.31. The topological polar surface area (TPSA) is 76.7 Å². The molecule has 0 aliphatic heterocycles. The van der Waals surface area contributed by atoms with Crippen LogP contribution in [0.15, 0.2) is 4.99 Å². The summed E-state index contributed by atoms with van der Waals surface area (Å²) in [7, 11) is 1.42. The van der Waals surface area contributed by atoms with Crippen molar-refractivity contribution < 1.29 is 9.53 Å². The highest BCUT2D eigenvalue weighted by atomic mass is 127. The van der Waals surface area contributed by atoms with Gasteiger partial charge in [-0.3, -0.25) is 9.79 Å². The number of nitrogens with two attached hydrogens (primary N) is 1. The molecule has 0 atom stereocenters. The Bertz CT molecular complexity index is 245. The van der Waals surface area contributed by atoms with E-state index in [1.54, 1.807) is 0 Å². The van der Waals surface area contributed by atoms with Crippen LogP contribution in [0.2, 0.25) is 0 Å². The number of carbonyl (C=O) groups is 1. The minimum absolute atomic E-state index is 0. The summed E-state index contributed by atoms with van der Waals surface area (Å²) in [6, 6.07) is 0.318. The van der Waals surface area contributed by atoms with Crippen LogP contribution in [-0.4, -0.2) is 31.6 Å². The van der Waals surface area contributed by atoms with Crippen molar-refractivity contribution in [3.8, 4) is 0 Å². The van der Waals surface area contributed by atoms with Crippen molar-refractivity contribution in [3.05, 3.63) is 0 Å². The number of carbonyl (C=O) groups excluding carboxylic acids is 1. The number of methoxy groups -OCH3 is 1. The Balaban J connectivity index is 0. The molecule has 0 aliphatic carbocycles. The summed E-state index contributed by atoms with van der Waals surface area (Å²) >= 11 is 0. The van der Waals surface area contributed by atoms with Crippen LogP contribution in [0.3, 0.4) is 0 Å². The molecular weight excluding hydrogens is 345 g/mol. The van der Waals surface area contributed by atoms with Gasteiger partial charge in [0, 0.05) is 19.0 Å². The lowest BCUT2D eigenvalue weighted by atomic mass is 10.1. The van der Waals surface area contributed by atoms with Crippen LogP contribution >= 0.6 is 24.0 Å². The Kier molecular flexibility index (Phi) is 14.2. The number of rotatable bonds is 8. The summed E-state index contributed by atoms with van der Waals surface area (Å²) in [6.07, 6.45) is 4.49. The van der Waals surface area contributed by atoms with Gasteiger partial charge in [0.1, 0.15) is 0 Å². The van der Waals surface area contributed by atoms with Crippen molar-refractivity contribution in [2.45, 2.75) is 52.0 Å². The van der Waals surface area contributed by atoms with E-state index in [1.165, 1.54) is 7.11 Å². The first-order valence-corrected chi connectivity index (χ1v) is 6.19. The molecule has 6 heteroatoms. The van der Waals surface area contributed by atoms with Crippen LogP contribution in [0.25, 0.3) is 0 Å². The van der Waals surface area contributed by atoms with E-state index in [0.717, 1.165) is 32.2 Å². The van der Waals surface area contributed by atoms with Crippen LogP contribution in [-0.2, 0) is 9.53 Å². The molecule has 0 aromatic heterocycles. The van der Waals surface area contributed by atoms with Gasteiger partial charge < -0.3 is 15.8 Å². The zero-order valence-electron chi connectivity index (χ0n) is 11.6. The summed E-state index contributed by atoms with van der Waals surface area (Å²) in [4.78, 5) is 15.0. The van der Waals surface area contributed by atoms with Gasteiger partial charge in [0.25, 0.3) is 0 Å². The summed E-state index contributed by atoms with van der Waals surface area (Å²) < 4.78 is 4.56. The number of halogens is 1. The first-order chi connectivity index (χ1) is 8.06. The highest BCUT2D eigenvalue weighted by Gasteiger charge is 1.99. The average Bonchev–Trinajstić information content (AvgIpc) is 2.26. The molecule has 0 rings (SSSR count). The maximum Gasteiger partial charge on any atom is 0.305 e. The van der Waals surface area contributed by atoms with Gasteiger partial charge in [-0.2, -0.15) is 0 Å². The van der Waals surface area contributed by atoms with Crippen molar-refractivity contribution in [2.75, 3.05) is 13.7 Å². The molecule has 0 aliphatic rings. The van der Waals surface area contributed by atoms with Crippen molar-refractivity contribution >= 4 is 35.9 Å². The van der Waals surface area contributed by atoms with Crippen molar-refractivity contribution in [2.24, 2.45) is 10.7 Å². The number of guanidine groups is 1. The summed E-state index contributed by atoms with van der Waals surface area (Å²) in [6.45, 7) is 4.79. The van der Waals surface area contributed by atoms with Gasteiger partial charge in [0.05, 0.1) is 7.11 Å². The summed E-state index contributed by atoms with van der Waals surface area (Å²) in [5, 5.41) is 3.03. The molecule has 0 saturated heterocycles. The quantitative estimate of drug-likeness (QED) is 0.225. The largest absolute Gasteiger partial charge is 0.469 e. The minimum Gasteiger partial charge on any atom is -0.469 e. The second-order valence-corrected chi connectivity index (χ2v) is 4.31. The Labute approximate surface area is 127 Å². The third-order valence-corrected chi connectivity index (χ3v) is 2.24. The molecular formula is C12H26IN3O2. The predicted octanol–water partition coefficient (Wildman–Crippen LogP) is 2.04. The highest BCUT2D eigenvalue weighted by molar-refractivity contribution is 14.0. The number of hydrogen-bond acceptors (Lipinski definition) is 3. The molecule has 0 heterocycles. The molecule has 3 N–H and O–H groups in total. The Morgan fingerprint density at radius 2 is 1.89 bits per heavy atom. The standard InChI is InChI=1S/C12H25N3O2.HI/c1-10(2)15-12(13)14-9-7-5-4-6-8-11(16)17-3;/h10H,4-9H2,1-3H3,(H3,13,14,15);1H. The fourth-order valence-corrected chi connectivity index (χ4v) is 1.38. The van der Waals surface area contributed by atoms with Gasteiger partial charge in [0.15, 0.2) is 5.96 Å². The average molecular weight is 371 g/mol. The minimum atomic E-state index is -0.131.